The molecule has 0 amide bonds. The molecule has 0 radical (unpaired) electrons. The van der Waals surface area contributed by atoms with Crippen molar-refractivity contribution in [3.8, 4) is 0 Å². The molecule has 6 heteroatoms. The molecule has 0 aliphatic carbocycles. The maximum absolute atomic E-state index is 5.82. The number of aromatic nitrogens is 2. The summed E-state index contributed by atoms with van der Waals surface area (Å²) in [4.78, 5) is 0. The van der Waals surface area contributed by atoms with Crippen LogP contribution in [-0.2, 0) is 11.5 Å². The SMILES string of the molecule is CSCc1nnc(SCc2ccc(Cl)cc2)o1. The second kappa shape index (κ2) is 6.33. The lowest BCUT2D eigenvalue weighted by atomic mass is 10.2. The summed E-state index contributed by atoms with van der Waals surface area (Å²) in [6, 6.07) is 7.75. The second-order valence-electron chi connectivity index (χ2n) is 3.31. The van der Waals surface area contributed by atoms with Gasteiger partial charge in [0.05, 0.1) is 5.75 Å². The third-order valence-corrected chi connectivity index (χ3v) is 3.67. The highest BCUT2D eigenvalue weighted by molar-refractivity contribution is 7.98. The summed E-state index contributed by atoms with van der Waals surface area (Å²) in [6.45, 7) is 0. The molecule has 0 saturated heterocycles. The van der Waals surface area contributed by atoms with E-state index >= 15 is 0 Å². The smallest absolute Gasteiger partial charge is 0.276 e. The molecular formula is C11H11ClN2OS2. The normalized spacial score (nSPS) is 10.7. The van der Waals surface area contributed by atoms with E-state index in [1.807, 2.05) is 30.5 Å². The molecule has 0 fully saturated rings. The Balaban J connectivity index is 1.90. The van der Waals surface area contributed by atoms with Crippen LogP contribution in [0.1, 0.15) is 11.5 Å². The van der Waals surface area contributed by atoms with Gasteiger partial charge in [0, 0.05) is 10.8 Å². The summed E-state index contributed by atoms with van der Waals surface area (Å²) in [7, 11) is 0. The van der Waals surface area contributed by atoms with Crippen molar-refractivity contribution in [3.05, 3.63) is 40.7 Å². The molecule has 1 aromatic heterocycles. The van der Waals surface area contributed by atoms with Gasteiger partial charge in [-0.25, -0.2) is 0 Å². The van der Waals surface area contributed by atoms with Crippen LogP contribution in [0, 0.1) is 0 Å². The van der Waals surface area contributed by atoms with E-state index in [4.69, 9.17) is 16.0 Å². The first kappa shape index (κ1) is 12.8. The van der Waals surface area contributed by atoms with E-state index in [2.05, 4.69) is 10.2 Å². The van der Waals surface area contributed by atoms with E-state index < -0.39 is 0 Å². The quantitative estimate of drug-likeness (QED) is 0.780. The number of rotatable bonds is 5. The Bertz CT molecular complexity index is 473. The van der Waals surface area contributed by atoms with Gasteiger partial charge in [0.15, 0.2) is 0 Å². The van der Waals surface area contributed by atoms with Crippen LogP contribution in [0.4, 0.5) is 0 Å². The highest BCUT2D eigenvalue weighted by Crippen LogP contribution is 2.23. The Kier molecular flexibility index (Phi) is 4.76. The molecule has 0 unspecified atom stereocenters. The average Bonchev–Trinajstić information content (AvgIpc) is 2.77. The summed E-state index contributed by atoms with van der Waals surface area (Å²) in [6.07, 6.45) is 2.00. The van der Waals surface area contributed by atoms with Crippen molar-refractivity contribution in [1.29, 1.82) is 0 Å². The topological polar surface area (TPSA) is 38.9 Å². The molecule has 0 aliphatic rings. The van der Waals surface area contributed by atoms with Crippen LogP contribution >= 0.6 is 35.1 Å². The van der Waals surface area contributed by atoms with E-state index in [-0.39, 0.29) is 0 Å². The van der Waals surface area contributed by atoms with Crippen molar-refractivity contribution < 1.29 is 4.42 Å². The zero-order valence-corrected chi connectivity index (χ0v) is 11.6. The molecule has 1 aromatic carbocycles. The first-order chi connectivity index (χ1) is 8.28. The van der Waals surface area contributed by atoms with Crippen LogP contribution in [0.15, 0.2) is 33.9 Å². The van der Waals surface area contributed by atoms with Crippen molar-refractivity contribution in [3.63, 3.8) is 0 Å². The summed E-state index contributed by atoms with van der Waals surface area (Å²) in [5.41, 5.74) is 1.18. The number of halogens is 1. The molecule has 2 rings (SSSR count). The third kappa shape index (κ3) is 3.94. The molecule has 0 saturated carbocycles. The third-order valence-electron chi connectivity index (χ3n) is 1.99. The molecule has 2 aromatic rings. The molecule has 0 atom stereocenters. The van der Waals surface area contributed by atoms with Crippen molar-refractivity contribution in [2.75, 3.05) is 6.26 Å². The monoisotopic (exact) mass is 286 g/mol. The lowest BCUT2D eigenvalue weighted by molar-refractivity contribution is 0.426. The highest BCUT2D eigenvalue weighted by Gasteiger charge is 2.06. The zero-order chi connectivity index (χ0) is 12.1. The molecular weight excluding hydrogens is 276 g/mol. The molecule has 0 aliphatic heterocycles. The average molecular weight is 287 g/mol. The Morgan fingerprint density at radius 2 is 1.94 bits per heavy atom. The largest absolute Gasteiger partial charge is 0.415 e. The molecule has 0 N–H and O–H groups in total. The fourth-order valence-corrected chi connectivity index (χ4v) is 2.43. The van der Waals surface area contributed by atoms with E-state index in [9.17, 15) is 0 Å². The van der Waals surface area contributed by atoms with Crippen LogP contribution in [0.25, 0.3) is 0 Å². The predicted octanol–water partition coefficient (Wildman–Crippen LogP) is 3.88. The maximum Gasteiger partial charge on any atom is 0.276 e. The summed E-state index contributed by atoms with van der Waals surface area (Å²) in [5, 5.41) is 9.29. The number of hydrogen-bond donors (Lipinski definition) is 0. The molecule has 0 bridgehead atoms. The van der Waals surface area contributed by atoms with Crippen LogP contribution in [0.2, 0.25) is 5.02 Å². The Labute approximate surface area is 113 Å². The van der Waals surface area contributed by atoms with Crippen LogP contribution < -0.4 is 0 Å². The van der Waals surface area contributed by atoms with Crippen molar-refractivity contribution in [1.82, 2.24) is 10.2 Å². The van der Waals surface area contributed by atoms with Crippen LogP contribution in [-0.4, -0.2) is 16.5 Å². The van der Waals surface area contributed by atoms with Gasteiger partial charge in [0.25, 0.3) is 5.22 Å². The lowest BCUT2D eigenvalue weighted by Gasteiger charge is -1.97. The Morgan fingerprint density at radius 3 is 2.65 bits per heavy atom. The maximum atomic E-state index is 5.82. The molecule has 1 heterocycles. The summed E-state index contributed by atoms with van der Waals surface area (Å²) < 4.78 is 5.46. The van der Waals surface area contributed by atoms with Gasteiger partial charge in [-0.05, 0) is 24.0 Å². The van der Waals surface area contributed by atoms with Gasteiger partial charge in [0.1, 0.15) is 0 Å². The van der Waals surface area contributed by atoms with Gasteiger partial charge in [-0.3, -0.25) is 0 Å². The van der Waals surface area contributed by atoms with E-state index in [1.54, 1.807) is 11.8 Å². The van der Waals surface area contributed by atoms with Gasteiger partial charge in [-0.2, -0.15) is 11.8 Å². The molecule has 3 nitrogen and oxygen atoms in total. The Hall–Kier alpha value is -0.650. The fraction of sp³-hybridized carbons (Fsp3) is 0.273. The fourth-order valence-electron chi connectivity index (χ4n) is 1.20. The minimum atomic E-state index is 0.615. The molecule has 90 valence electrons. The van der Waals surface area contributed by atoms with Crippen molar-refractivity contribution in [2.24, 2.45) is 0 Å². The summed E-state index contributed by atoms with van der Waals surface area (Å²) in [5.74, 6) is 2.24. The summed E-state index contributed by atoms with van der Waals surface area (Å²) >= 11 is 9.01. The van der Waals surface area contributed by atoms with Crippen molar-refractivity contribution >= 4 is 35.1 Å². The van der Waals surface area contributed by atoms with Crippen LogP contribution in [0.5, 0.6) is 0 Å². The van der Waals surface area contributed by atoms with E-state index in [0.717, 1.165) is 16.5 Å². The standard InChI is InChI=1S/C11H11ClN2OS2/c1-16-7-10-13-14-11(15-10)17-6-8-2-4-9(12)5-3-8/h2-5H,6-7H2,1H3. The number of nitrogens with zero attached hydrogens (tertiary/aromatic N) is 2. The lowest BCUT2D eigenvalue weighted by Crippen LogP contribution is -1.79. The minimum Gasteiger partial charge on any atom is -0.415 e. The van der Waals surface area contributed by atoms with Gasteiger partial charge >= 0.3 is 0 Å². The number of benzene rings is 1. The molecule has 17 heavy (non-hydrogen) atoms. The predicted molar refractivity (Wildman–Crippen MR) is 72.5 cm³/mol. The first-order valence-corrected chi connectivity index (χ1v) is 7.72. The van der Waals surface area contributed by atoms with Gasteiger partial charge in [0.2, 0.25) is 5.89 Å². The second-order valence-corrected chi connectivity index (χ2v) is 5.54. The zero-order valence-electron chi connectivity index (χ0n) is 9.22. The van der Waals surface area contributed by atoms with Gasteiger partial charge in [-0.15, -0.1) is 10.2 Å². The number of hydrogen-bond acceptors (Lipinski definition) is 5. The van der Waals surface area contributed by atoms with Gasteiger partial charge < -0.3 is 4.42 Å². The van der Waals surface area contributed by atoms with E-state index in [0.29, 0.717) is 11.1 Å². The first-order valence-electron chi connectivity index (χ1n) is 4.96. The highest BCUT2D eigenvalue weighted by atomic mass is 35.5. The van der Waals surface area contributed by atoms with Gasteiger partial charge in [-0.1, -0.05) is 35.5 Å². The van der Waals surface area contributed by atoms with Crippen LogP contribution in [0.3, 0.4) is 0 Å². The van der Waals surface area contributed by atoms with Crippen molar-refractivity contribution in [2.45, 2.75) is 16.7 Å². The molecule has 0 spiro atoms. The minimum absolute atomic E-state index is 0.615. The number of thioether (sulfide) groups is 2. The Morgan fingerprint density at radius 1 is 1.18 bits per heavy atom. The van der Waals surface area contributed by atoms with E-state index in [1.165, 1.54) is 17.3 Å².